The number of nitrogens with one attached hydrogen (secondary N) is 1. The highest BCUT2D eigenvalue weighted by atomic mass is 32.2. The van der Waals surface area contributed by atoms with Gasteiger partial charge in [-0.25, -0.2) is 13.4 Å². The smallest absolute Gasteiger partial charge is 0.225 e. The first-order valence-electron chi connectivity index (χ1n) is 7.85. The molecule has 0 spiro atoms. The Hall–Kier alpha value is -1.73. The number of rotatable bonds is 4. The van der Waals surface area contributed by atoms with E-state index in [4.69, 9.17) is 0 Å². The van der Waals surface area contributed by atoms with Crippen LogP contribution in [0.3, 0.4) is 0 Å². The number of amides is 1. The van der Waals surface area contributed by atoms with Gasteiger partial charge in [0.05, 0.1) is 23.6 Å². The molecule has 7 heteroatoms. The molecule has 1 aromatic carbocycles. The molecule has 1 unspecified atom stereocenters. The van der Waals surface area contributed by atoms with E-state index in [1.54, 1.807) is 0 Å². The molecule has 0 bridgehead atoms. The highest BCUT2D eigenvalue weighted by molar-refractivity contribution is 7.91. The molecule has 0 saturated carbocycles. The molecule has 5 nitrogen and oxygen atoms in total. The quantitative estimate of drug-likeness (QED) is 0.903. The van der Waals surface area contributed by atoms with Crippen molar-refractivity contribution in [3.63, 3.8) is 0 Å². The zero-order chi connectivity index (χ0) is 17.3. The van der Waals surface area contributed by atoms with Crippen molar-refractivity contribution in [3.05, 3.63) is 40.4 Å². The largest absolute Gasteiger partial charge is 0.352 e. The van der Waals surface area contributed by atoms with E-state index >= 15 is 0 Å². The number of nitrogens with zero attached hydrogens (tertiary/aromatic N) is 1. The van der Waals surface area contributed by atoms with Gasteiger partial charge in [-0.3, -0.25) is 4.79 Å². The second-order valence-electron chi connectivity index (χ2n) is 6.24. The molecule has 24 heavy (non-hydrogen) atoms. The number of thiazole rings is 1. The van der Waals surface area contributed by atoms with Crippen molar-refractivity contribution in [2.24, 2.45) is 0 Å². The summed E-state index contributed by atoms with van der Waals surface area (Å²) in [4.78, 5) is 17.7. The summed E-state index contributed by atoms with van der Waals surface area (Å²) in [6.07, 6.45) is 0.746. The van der Waals surface area contributed by atoms with E-state index in [2.05, 4.69) is 10.3 Å². The second kappa shape index (κ2) is 6.64. The predicted octanol–water partition coefficient (Wildman–Crippen LogP) is 2.27. The molecular weight excluding hydrogens is 344 g/mol. The van der Waals surface area contributed by atoms with E-state index in [0.717, 1.165) is 21.1 Å². The highest BCUT2D eigenvalue weighted by Crippen LogP contribution is 2.28. The van der Waals surface area contributed by atoms with Gasteiger partial charge >= 0.3 is 0 Å². The van der Waals surface area contributed by atoms with Gasteiger partial charge in [-0.05, 0) is 20.3 Å². The van der Waals surface area contributed by atoms with E-state index in [1.165, 1.54) is 16.9 Å². The lowest BCUT2D eigenvalue weighted by Gasteiger charge is -2.10. The van der Waals surface area contributed by atoms with Gasteiger partial charge in [-0.2, -0.15) is 0 Å². The van der Waals surface area contributed by atoms with Crippen LogP contribution in [0.1, 0.15) is 22.6 Å². The van der Waals surface area contributed by atoms with Crippen LogP contribution in [0, 0.1) is 13.8 Å². The molecule has 0 aliphatic carbocycles. The van der Waals surface area contributed by atoms with E-state index in [-0.39, 0.29) is 29.9 Å². The number of hydrogen-bond acceptors (Lipinski definition) is 5. The van der Waals surface area contributed by atoms with Gasteiger partial charge in [0.1, 0.15) is 5.01 Å². The van der Waals surface area contributed by atoms with Crippen LogP contribution in [0.15, 0.2) is 24.3 Å². The Kier molecular flexibility index (Phi) is 4.73. The van der Waals surface area contributed by atoms with Crippen LogP contribution in [0.2, 0.25) is 0 Å². The monoisotopic (exact) mass is 364 g/mol. The maximum absolute atomic E-state index is 12.2. The molecule has 1 fully saturated rings. The zero-order valence-electron chi connectivity index (χ0n) is 13.7. The number of benzene rings is 1. The van der Waals surface area contributed by atoms with Crippen LogP contribution in [-0.4, -0.2) is 36.9 Å². The molecule has 2 aromatic rings. The fourth-order valence-electron chi connectivity index (χ4n) is 2.75. The molecule has 1 aromatic heterocycles. The SMILES string of the molecule is Cc1ccc(-c2nc(C)c(CC(=O)NC3CCS(=O)(=O)C3)s2)cc1. The number of aromatic nitrogens is 1. The van der Waals surface area contributed by atoms with E-state index in [9.17, 15) is 13.2 Å². The minimum atomic E-state index is -2.98. The summed E-state index contributed by atoms with van der Waals surface area (Å²) >= 11 is 1.51. The Balaban J connectivity index is 1.67. The van der Waals surface area contributed by atoms with E-state index in [1.807, 2.05) is 38.1 Å². The molecule has 1 aliphatic heterocycles. The molecule has 1 saturated heterocycles. The Morgan fingerprint density at radius 3 is 2.62 bits per heavy atom. The Morgan fingerprint density at radius 1 is 1.29 bits per heavy atom. The lowest BCUT2D eigenvalue weighted by atomic mass is 10.2. The van der Waals surface area contributed by atoms with Crippen molar-refractivity contribution in [1.82, 2.24) is 10.3 Å². The standard InChI is InChI=1S/C17H20N2O3S2/c1-11-3-5-13(6-4-11)17-18-12(2)15(23-17)9-16(20)19-14-7-8-24(21,22)10-14/h3-6,14H,7-10H2,1-2H3,(H,19,20). The maximum atomic E-state index is 12.2. The maximum Gasteiger partial charge on any atom is 0.225 e. The molecule has 1 N–H and O–H groups in total. The van der Waals surface area contributed by atoms with Crippen LogP contribution in [0.4, 0.5) is 0 Å². The lowest BCUT2D eigenvalue weighted by molar-refractivity contribution is -0.120. The van der Waals surface area contributed by atoms with Crippen molar-refractivity contribution < 1.29 is 13.2 Å². The lowest BCUT2D eigenvalue weighted by Crippen LogP contribution is -2.36. The topological polar surface area (TPSA) is 76.1 Å². The summed E-state index contributed by atoms with van der Waals surface area (Å²) in [5.74, 6) is 0.0729. The number of carbonyl (C=O) groups is 1. The van der Waals surface area contributed by atoms with Gasteiger partial charge in [0.15, 0.2) is 9.84 Å². The zero-order valence-corrected chi connectivity index (χ0v) is 15.3. The van der Waals surface area contributed by atoms with E-state index < -0.39 is 9.84 Å². The third-order valence-corrected chi connectivity index (χ3v) is 7.08. The Labute approximate surface area is 146 Å². The van der Waals surface area contributed by atoms with Crippen LogP contribution >= 0.6 is 11.3 Å². The molecule has 3 rings (SSSR count). The molecular formula is C17H20N2O3S2. The summed E-state index contributed by atoms with van der Waals surface area (Å²) in [5, 5.41) is 3.73. The van der Waals surface area contributed by atoms with Crippen LogP contribution in [0.25, 0.3) is 10.6 Å². The van der Waals surface area contributed by atoms with Crippen LogP contribution in [0.5, 0.6) is 0 Å². The van der Waals surface area contributed by atoms with Gasteiger partial charge in [0, 0.05) is 16.5 Å². The molecule has 1 aliphatic rings. The minimum absolute atomic E-state index is 0.0506. The van der Waals surface area contributed by atoms with Crippen molar-refractivity contribution in [2.75, 3.05) is 11.5 Å². The van der Waals surface area contributed by atoms with Crippen molar-refractivity contribution in [2.45, 2.75) is 32.7 Å². The first kappa shape index (κ1) is 17.1. The first-order valence-corrected chi connectivity index (χ1v) is 10.5. The highest BCUT2D eigenvalue weighted by Gasteiger charge is 2.29. The average molecular weight is 364 g/mol. The average Bonchev–Trinajstić information content (AvgIpc) is 3.02. The van der Waals surface area contributed by atoms with Crippen molar-refractivity contribution >= 4 is 27.1 Å². The summed E-state index contributed by atoms with van der Waals surface area (Å²) in [7, 11) is -2.98. The van der Waals surface area contributed by atoms with E-state index in [0.29, 0.717) is 6.42 Å². The summed E-state index contributed by atoms with van der Waals surface area (Å²) in [6.45, 7) is 3.94. The molecule has 1 amide bonds. The third kappa shape index (κ3) is 4.02. The number of carbonyl (C=O) groups excluding carboxylic acids is 1. The summed E-state index contributed by atoms with van der Waals surface area (Å²) < 4.78 is 22.9. The number of aryl methyl sites for hydroxylation is 2. The number of sulfone groups is 1. The van der Waals surface area contributed by atoms with Crippen LogP contribution < -0.4 is 5.32 Å². The summed E-state index contributed by atoms with van der Waals surface area (Å²) in [6, 6.07) is 7.88. The molecule has 0 radical (unpaired) electrons. The molecule has 1 atom stereocenters. The Morgan fingerprint density at radius 2 is 2.00 bits per heavy atom. The van der Waals surface area contributed by atoms with Gasteiger partial charge < -0.3 is 5.32 Å². The fraction of sp³-hybridized carbons (Fsp3) is 0.412. The van der Waals surface area contributed by atoms with Gasteiger partial charge in [0.25, 0.3) is 0 Å². The summed E-state index contributed by atoms with van der Waals surface area (Å²) in [5.41, 5.74) is 3.09. The predicted molar refractivity (Wildman–Crippen MR) is 95.9 cm³/mol. The fourth-order valence-corrected chi connectivity index (χ4v) is 5.48. The van der Waals surface area contributed by atoms with Gasteiger partial charge in [0.2, 0.25) is 5.91 Å². The molecule has 128 valence electrons. The molecule has 2 heterocycles. The Bertz CT molecular complexity index is 854. The second-order valence-corrected chi connectivity index (χ2v) is 9.55. The minimum Gasteiger partial charge on any atom is -0.352 e. The first-order chi connectivity index (χ1) is 11.3. The number of hydrogen-bond donors (Lipinski definition) is 1. The third-order valence-electron chi connectivity index (χ3n) is 4.11. The normalized spacial score (nSPS) is 19.3. The van der Waals surface area contributed by atoms with Crippen LogP contribution in [-0.2, 0) is 21.1 Å². The van der Waals surface area contributed by atoms with Crippen molar-refractivity contribution in [3.8, 4) is 10.6 Å². The van der Waals surface area contributed by atoms with Gasteiger partial charge in [-0.15, -0.1) is 11.3 Å². The van der Waals surface area contributed by atoms with Crippen molar-refractivity contribution in [1.29, 1.82) is 0 Å². The van der Waals surface area contributed by atoms with Gasteiger partial charge in [-0.1, -0.05) is 29.8 Å².